The minimum atomic E-state index is -0.903. The van der Waals surface area contributed by atoms with Crippen molar-refractivity contribution in [2.45, 2.75) is 6.61 Å². The zero-order valence-corrected chi connectivity index (χ0v) is 10.8. The van der Waals surface area contributed by atoms with Crippen molar-refractivity contribution in [2.75, 3.05) is 0 Å². The molecule has 1 aliphatic heterocycles. The molecule has 1 N–H and O–H groups in total. The lowest BCUT2D eigenvalue weighted by Gasteiger charge is -2.06. The van der Waals surface area contributed by atoms with Gasteiger partial charge in [0.25, 0.3) is 0 Å². The van der Waals surface area contributed by atoms with Crippen molar-refractivity contribution >= 4 is 35.5 Å². The zero-order valence-electron chi connectivity index (χ0n) is 9.18. The molecule has 1 aromatic heterocycles. The predicted molar refractivity (Wildman–Crippen MR) is 71.9 cm³/mol. The summed E-state index contributed by atoms with van der Waals surface area (Å²) < 4.78 is 5.14. The van der Waals surface area contributed by atoms with Crippen molar-refractivity contribution in [1.82, 2.24) is 0 Å². The van der Waals surface area contributed by atoms with Crippen molar-refractivity contribution in [3.8, 4) is 17.2 Å². The Morgan fingerprint density at radius 1 is 1.39 bits per heavy atom. The minimum Gasteiger partial charge on any atom is -0.423 e. The molecule has 0 atom stereocenters. The van der Waals surface area contributed by atoms with Crippen LogP contribution in [0.1, 0.15) is 11.1 Å². The standard InChI is InChI=1S/C12H7BClNO2S/c14-12-1-7-4-17-13(16)11(7)2-9(12)10-6-18-5-8(10)3-15/h1-2,5-6,16H,4H2. The van der Waals surface area contributed by atoms with E-state index < -0.39 is 7.12 Å². The van der Waals surface area contributed by atoms with E-state index in [1.54, 1.807) is 17.5 Å². The minimum absolute atomic E-state index is 0.366. The molecule has 0 saturated carbocycles. The lowest BCUT2D eigenvalue weighted by Crippen LogP contribution is -2.28. The highest BCUT2D eigenvalue weighted by Crippen LogP contribution is 2.33. The summed E-state index contributed by atoms with van der Waals surface area (Å²) in [6, 6.07) is 5.73. The van der Waals surface area contributed by atoms with Crippen LogP contribution in [0, 0.1) is 11.3 Å². The van der Waals surface area contributed by atoms with Crippen LogP contribution in [0.5, 0.6) is 0 Å². The fraction of sp³-hybridized carbons (Fsp3) is 0.0833. The molecule has 6 heteroatoms. The molecule has 0 saturated heterocycles. The maximum Gasteiger partial charge on any atom is 0.491 e. The van der Waals surface area contributed by atoms with Gasteiger partial charge >= 0.3 is 7.12 Å². The van der Waals surface area contributed by atoms with Gasteiger partial charge in [0.15, 0.2) is 0 Å². The fourth-order valence-corrected chi connectivity index (χ4v) is 3.11. The first-order chi connectivity index (χ1) is 8.70. The molecule has 0 bridgehead atoms. The summed E-state index contributed by atoms with van der Waals surface area (Å²) in [4.78, 5) is 0. The van der Waals surface area contributed by atoms with E-state index in [4.69, 9.17) is 21.5 Å². The van der Waals surface area contributed by atoms with Gasteiger partial charge in [0, 0.05) is 21.5 Å². The zero-order chi connectivity index (χ0) is 12.7. The first-order valence-electron chi connectivity index (χ1n) is 5.29. The molecule has 0 radical (unpaired) electrons. The molecule has 3 rings (SSSR count). The largest absolute Gasteiger partial charge is 0.491 e. The predicted octanol–water partition coefficient (Wildman–Crippen LogP) is 2.16. The normalized spacial score (nSPS) is 13.5. The molecule has 1 aromatic carbocycles. The maximum absolute atomic E-state index is 9.69. The lowest BCUT2D eigenvalue weighted by atomic mass is 9.78. The van der Waals surface area contributed by atoms with Crippen LogP contribution in [0.15, 0.2) is 22.9 Å². The Bertz CT molecular complexity index is 665. The highest BCUT2D eigenvalue weighted by Gasteiger charge is 2.29. The Balaban J connectivity index is 2.20. The Morgan fingerprint density at radius 2 is 2.22 bits per heavy atom. The van der Waals surface area contributed by atoms with Gasteiger partial charge in [-0.3, -0.25) is 0 Å². The Kier molecular flexibility index (Phi) is 2.88. The van der Waals surface area contributed by atoms with Crippen LogP contribution >= 0.6 is 22.9 Å². The first-order valence-corrected chi connectivity index (χ1v) is 6.61. The number of fused-ring (bicyclic) bond motifs is 1. The number of nitriles is 1. The summed E-state index contributed by atoms with van der Waals surface area (Å²) in [7, 11) is -0.903. The SMILES string of the molecule is N#Cc1cscc1-c1cc2c(cc1Cl)COB2O. The van der Waals surface area contributed by atoms with E-state index in [-0.39, 0.29) is 0 Å². The van der Waals surface area contributed by atoms with Crippen LogP contribution in [0.25, 0.3) is 11.1 Å². The summed E-state index contributed by atoms with van der Waals surface area (Å²) in [5.41, 5.74) is 3.77. The quantitative estimate of drug-likeness (QED) is 0.812. The maximum atomic E-state index is 9.69. The van der Waals surface area contributed by atoms with Gasteiger partial charge in [-0.05, 0) is 22.5 Å². The highest BCUT2D eigenvalue weighted by molar-refractivity contribution is 7.08. The molecule has 88 valence electrons. The van der Waals surface area contributed by atoms with Gasteiger partial charge in [0.2, 0.25) is 0 Å². The summed E-state index contributed by atoms with van der Waals surface area (Å²) in [5, 5.41) is 23.0. The summed E-state index contributed by atoms with van der Waals surface area (Å²) >= 11 is 7.69. The Hall–Kier alpha value is -1.32. The third-order valence-corrected chi connectivity index (χ3v) is 4.02. The molecular formula is C12H7BClNO2S. The van der Waals surface area contributed by atoms with Crippen molar-refractivity contribution in [2.24, 2.45) is 0 Å². The van der Waals surface area contributed by atoms with E-state index in [0.717, 1.165) is 22.2 Å². The van der Waals surface area contributed by atoms with Gasteiger partial charge in [-0.25, -0.2) is 0 Å². The van der Waals surface area contributed by atoms with Crippen molar-refractivity contribution in [1.29, 1.82) is 5.26 Å². The van der Waals surface area contributed by atoms with Gasteiger partial charge in [-0.15, -0.1) is 0 Å². The number of rotatable bonds is 1. The van der Waals surface area contributed by atoms with Crippen LogP contribution in [0.4, 0.5) is 0 Å². The molecular weight excluding hydrogens is 268 g/mol. The molecule has 0 spiro atoms. The number of nitrogens with zero attached hydrogens (tertiary/aromatic N) is 1. The smallest absolute Gasteiger partial charge is 0.423 e. The van der Waals surface area contributed by atoms with Crippen LogP contribution in [0.3, 0.4) is 0 Å². The topological polar surface area (TPSA) is 53.2 Å². The second-order valence-electron chi connectivity index (χ2n) is 4.01. The number of hydrogen-bond acceptors (Lipinski definition) is 4. The van der Waals surface area contributed by atoms with E-state index in [1.807, 2.05) is 5.38 Å². The average molecular weight is 276 g/mol. The van der Waals surface area contributed by atoms with Gasteiger partial charge in [-0.2, -0.15) is 16.6 Å². The number of halogens is 1. The monoisotopic (exact) mass is 275 g/mol. The molecule has 3 nitrogen and oxygen atoms in total. The van der Waals surface area contributed by atoms with E-state index in [0.29, 0.717) is 17.2 Å². The molecule has 0 amide bonds. The summed E-state index contributed by atoms with van der Waals surface area (Å²) in [6.45, 7) is 0.366. The Morgan fingerprint density at radius 3 is 3.00 bits per heavy atom. The second kappa shape index (κ2) is 4.41. The molecule has 18 heavy (non-hydrogen) atoms. The third kappa shape index (κ3) is 1.75. The molecule has 0 aliphatic carbocycles. The second-order valence-corrected chi connectivity index (χ2v) is 5.16. The number of benzene rings is 1. The van der Waals surface area contributed by atoms with Crippen LogP contribution in [-0.2, 0) is 11.3 Å². The van der Waals surface area contributed by atoms with Gasteiger partial charge < -0.3 is 9.68 Å². The van der Waals surface area contributed by atoms with Gasteiger partial charge in [0.1, 0.15) is 6.07 Å². The molecule has 0 unspecified atom stereocenters. The summed E-state index contributed by atoms with van der Waals surface area (Å²) in [5.74, 6) is 0. The van der Waals surface area contributed by atoms with Gasteiger partial charge in [-0.1, -0.05) is 17.7 Å². The van der Waals surface area contributed by atoms with E-state index >= 15 is 0 Å². The Labute approximate surface area is 113 Å². The fourth-order valence-electron chi connectivity index (χ4n) is 2.04. The van der Waals surface area contributed by atoms with Crippen LogP contribution in [0.2, 0.25) is 5.02 Å². The van der Waals surface area contributed by atoms with Crippen LogP contribution < -0.4 is 5.46 Å². The van der Waals surface area contributed by atoms with E-state index in [2.05, 4.69) is 6.07 Å². The summed E-state index contributed by atoms with van der Waals surface area (Å²) in [6.07, 6.45) is 0. The third-order valence-electron chi connectivity index (χ3n) is 2.96. The lowest BCUT2D eigenvalue weighted by molar-refractivity contribution is 0.275. The molecule has 1 aliphatic rings. The highest BCUT2D eigenvalue weighted by atomic mass is 35.5. The first kappa shape index (κ1) is 11.8. The molecule has 0 fully saturated rings. The van der Waals surface area contributed by atoms with Gasteiger partial charge in [0.05, 0.1) is 12.2 Å². The van der Waals surface area contributed by atoms with Crippen molar-refractivity contribution in [3.63, 3.8) is 0 Å². The van der Waals surface area contributed by atoms with Crippen molar-refractivity contribution < 1.29 is 9.68 Å². The van der Waals surface area contributed by atoms with E-state index in [1.165, 1.54) is 11.3 Å². The number of hydrogen-bond donors (Lipinski definition) is 1. The van der Waals surface area contributed by atoms with Crippen molar-refractivity contribution in [3.05, 3.63) is 39.0 Å². The molecule has 2 heterocycles. The number of thiophene rings is 1. The van der Waals surface area contributed by atoms with E-state index in [9.17, 15) is 5.02 Å². The molecule has 2 aromatic rings. The average Bonchev–Trinajstić information content (AvgIpc) is 2.95. The van der Waals surface area contributed by atoms with Crippen LogP contribution in [-0.4, -0.2) is 12.1 Å².